The minimum Gasteiger partial charge on any atom is -0.311 e. The molecule has 0 radical (unpaired) electrons. The summed E-state index contributed by atoms with van der Waals surface area (Å²) in [5.74, 6) is 1.08. The molecule has 0 saturated heterocycles. The molecule has 0 spiro atoms. The van der Waals surface area contributed by atoms with Crippen LogP contribution in [0.4, 0.5) is 0 Å². The predicted molar refractivity (Wildman–Crippen MR) is 45.5 cm³/mol. The highest BCUT2D eigenvalue weighted by Crippen LogP contribution is 2.29. The van der Waals surface area contributed by atoms with Gasteiger partial charge in [-0.25, -0.2) is 0 Å². The molecule has 1 saturated carbocycles. The molecule has 1 atom stereocenters. The second-order valence-electron chi connectivity index (χ2n) is 3.48. The van der Waals surface area contributed by atoms with E-state index < -0.39 is 0 Å². The summed E-state index contributed by atoms with van der Waals surface area (Å²) in [4.78, 5) is 11.3. The molecule has 1 N–H and O–H groups in total. The van der Waals surface area contributed by atoms with Crippen molar-refractivity contribution in [2.24, 2.45) is 5.92 Å². The molecule has 2 nitrogen and oxygen atoms in total. The van der Waals surface area contributed by atoms with Crippen LogP contribution in [0.2, 0.25) is 0 Å². The molecule has 1 aliphatic rings. The number of nitrogens with one attached hydrogen (secondary N) is 1. The molecular weight excluding hydrogens is 138 g/mol. The summed E-state index contributed by atoms with van der Waals surface area (Å²) in [5, 5.41) is 2.97. The second kappa shape index (κ2) is 3.86. The van der Waals surface area contributed by atoms with Gasteiger partial charge in [0.2, 0.25) is 0 Å². The zero-order valence-corrected chi connectivity index (χ0v) is 7.39. The molecule has 0 heterocycles. The number of Topliss-reactive ketones (excluding diaryl/α,β-unsaturated/α-hetero) is 1. The maximum absolute atomic E-state index is 11.3. The molecule has 0 amide bonds. The molecule has 1 rings (SSSR count). The Morgan fingerprint density at radius 1 is 1.64 bits per heavy atom. The van der Waals surface area contributed by atoms with Crippen LogP contribution in [-0.4, -0.2) is 18.9 Å². The van der Waals surface area contributed by atoms with E-state index in [1.807, 2.05) is 14.0 Å². The number of carbonyl (C=O) groups excluding carboxylic acids is 1. The highest BCUT2D eigenvalue weighted by Gasteiger charge is 2.22. The first kappa shape index (κ1) is 8.72. The van der Waals surface area contributed by atoms with Crippen molar-refractivity contribution in [3.05, 3.63) is 0 Å². The van der Waals surface area contributed by atoms with Crippen LogP contribution in [0.25, 0.3) is 0 Å². The van der Waals surface area contributed by atoms with E-state index in [0.29, 0.717) is 11.7 Å². The van der Waals surface area contributed by atoms with Crippen LogP contribution in [0, 0.1) is 5.92 Å². The number of hydrogen-bond acceptors (Lipinski definition) is 2. The number of hydrogen-bond donors (Lipinski definition) is 1. The maximum atomic E-state index is 11.3. The molecule has 0 bridgehead atoms. The van der Waals surface area contributed by atoms with Gasteiger partial charge in [-0.05, 0) is 19.9 Å². The zero-order valence-electron chi connectivity index (χ0n) is 7.39. The molecular formula is C9H17NO. The van der Waals surface area contributed by atoms with Crippen molar-refractivity contribution in [1.82, 2.24) is 5.32 Å². The van der Waals surface area contributed by atoms with Crippen LogP contribution in [0.1, 0.15) is 32.6 Å². The first-order chi connectivity index (χ1) is 5.24. The maximum Gasteiger partial charge on any atom is 0.149 e. The lowest BCUT2D eigenvalue weighted by molar-refractivity contribution is -0.122. The van der Waals surface area contributed by atoms with Crippen molar-refractivity contribution in [1.29, 1.82) is 0 Å². The summed E-state index contributed by atoms with van der Waals surface area (Å²) in [6.07, 6.45) is 4.65. The molecule has 64 valence electrons. The van der Waals surface area contributed by atoms with Gasteiger partial charge in [-0.2, -0.15) is 0 Å². The van der Waals surface area contributed by atoms with Gasteiger partial charge in [0.15, 0.2) is 0 Å². The SMILES string of the molecule is CNC(C)C(=O)CC1CCC1. The lowest BCUT2D eigenvalue weighted by Gasteiger charge is -2.25. The largest absolute Gasteiger partial charge is 0.311 e. The fraction of sp³-hybridized carbons (Fsp3) is 0.889. The van der Waals surface area contributed by atoms with Crippen LogP contribution >= 0.6 is 0 Å². The van der Waals surface area contributed by atoms with Gasteiger partial charge in [0.1, 0.15) is 5.78 Å². The van der Waals surface area contributed by atoms with Crippen molar-refractivity contribution >= 4 is 5.78 Å². The molecule has 1 unspecified atom stereocenters. The summed E-state index contributed by atoms with van der Waals surface area (Å²) in [5.41, 5.74) is 0. The smallest absolute Gasteiger partial charge is 0.149 e. The van der Waals surface area contributed by atoms with Gasteiger partial charge in [-0.15, -0.1) is 0 Å². The monoisotopic (exact) mass is 155 g/mol. The average molecular weight is 155 g/mol. The van der Waals surface area contributed by atoms with Crippen LogP contribution < -0.4 is 5.32 Å². The van der Waals surface area contributed by atoms with Gasteiger partial charge >= 0.3 is 0 Å². The Hall–Kier alpha value is -0.370. The van der Waals surface area contributed by atoms with E-state index in [1.165, 1.54) is 19.3 Å². The molecule has 0 aromatic rings. The highest BCUT2D eigenvalue weighted by atomic mass is 16.1. The van der Waals surface area contributed by atoms with Crippen molar-refractivity contribution in [3.8, 4) is 0 Å². The van der Waals surface area contributed by atoms with Crippen LogP contribution in [-0.2, 0) is 4.79 Å². The number of rotatable bonds is 4. The summed E-state index contributed by atoms with van der Waals surface area (Å²) in [6.45, 7) is 1.93. The molecule has 1 aliphatic carbocycles. The van der Waals surface area contributed by atoms with E-state index in [4.69, 9.17) is 0 Å². The van der Waals surface area contributed by atoms with Crippen molar-refractivity contribution in [2.75, 3.05) is 7.05 Å². The standard InChI is InChI=1S/C9H17NO/c1-7(10-2)9(11)6-8-4-3-5-8/h7-8,10H,3-6H2,1-2H3. The summed E-state index contributed by atoms with van der Waals surface area (Å²) in [6, 6.07) is 0.0515. The van der Waals surface area contributed by atoms with Gasteiger partial charge in [0, 0.05) is 6.42 Å². The van der Waals surface area contributed by atoms with Crippen molar-refractivity contribution in [3.63, 3.8) is 0 Å². The van der Waals surface area contributed by atoms with E-state index in [-0.39, 0.29) is 6.04 Å². The fourth-order valence-corrected chi connectivity index (χ4v) is 1.32. The first-order valence-electron chi connectivity index (χ1n) is 4.44. The fourth-order valence-electron chi connectivity index (χ4n) is 1.32. The van der Waals surface area contributed by atoms with Gasteiger partial charge in [0.05, 0.1) is 6.04 Å². The summed E-state index contributed by atoms with van der Waals surface area (Å²) in [7, 11) is 1.84. The summed E-state index contributed by atoms with van der Waals surface area (Å²) >= 11 is 0. The van der Waals surface area contributed by atoms with Crippen LogP contribution in [0.15, 0.2) is 0 Å². The average Bonchev–Trinajstić information content (AvgIpc) is 1.94. The molecule has 0 aromatic carbocycles. The Balaban J connectivity index is 2.19. The predicted octanol–water partition coefficient (Wildman–Crippen LogP) is 1.35. The zero-order chi connectivity index (χ0) is 8.27. The topological polar surface area (TPSA) is 29.1 Å². The van der Waals surface area contributed by atoms with Crippen molar-refractivity contribution < 1.29 is 4.79 Å². The lowest BCUT2D eigenvalue weighted by Crippen LogP contribution is -2.33. The minimum absolute atomic E-state index is 0.0515. The molecule has 0 aromatic heterocycles. The van der Waals surface area contributed by atoms with Gasteiger partial charge in [0.25, 0.3) is 0 Å². The molecule has 0 aliphatic heterocycles. The third-order valence-electron chi connectivity index (χ3n) is 2.63. The third kappa shape index (κ3) is 2.29. The van der Waals surface area contributed by atoms with Crippen molar-refractivity contribution in [2.45, 2.75) is 38.6 Å². The van der Waals surface area contributed by atoms with E-state index in [2.05, 4.69) is 5.32 Å². The van der Waals surface area contributed by atoms with E-state index in [1.54, 1.807) is 0 Å². The first-order valence-corrected chi connectivity index (χ1v) is 4.44. The van der Waals surface area contributed by atoms with Crippen LogP contribution in [0.3, 0.4) is 0 Å². The molecule has 1 fully saturated rings. The minimum atomic E-state index is 0.0515. The van der Waals surface area contributed by atoms with Crippen LogP contribution in [0.5, 0.6) is 0 Å². The lowest BCUT2D eigenvalue weighted by atomic mass is 9.81. The Bertz CT molecular complexity index is 140. The van der Waals surface area contributed by atoms with Gasteiger partial charge < -0.3 is 5.32 Å². The quantitative estimate of drug-likeness (QED) is 0.664. The van der Waals surface area contributed by atoms with E-state index >= 15 is 0 Å². The summed E-state index contributed by atoms with van der Waals surface area (Å²) < 4.78 is 0. The number of carbonyl (C=O) groups is 1. The second-order valence-corrected chi connectivity index (χ2v) is 3.48. The number of likely N-dealkylation sites (N-methyl/N-ethyl adjacent to an activating group) is 1. The number of ketones is 1. The van der Waals surface area contributed by atoms with Gasteiger partial charge in [-0.3, -0.25) is 4.79 Å². The highest BCUT2D eigenvalue weighted by molar-refractivity contribution is 5.83. The van der Waals surface area contributed by atoms with E-state index in [9.17, 15) is 4.79 Å². The molecule has 11 heavy (non-hydrogen) atoms. The Morgan fingerprint density at radius 3 is 2.64 bits per heavy atom. The third-order valence-corrected chi connectivity index (χ3v) is 2.63. The Labute approximate surface area is 68.4 Å². The Morgan fingerprint density at radius 2 is 2.27 bits per heavy atom. The molecule has 2 heteroatoms. The van der Waals surface area contributed by atoms with Gasteiger partial charge in [-0.1, -0.05) is 19.3 Å². The normalized spacial score (nSPS) is 20.9. The Kier molecular flexibility index (Phi) is 3.06. The van der Waals surface area contributed by atoms with E-state index in [0.717, 1.165) is 6.42 Å².